The molecule has 1 saturated heterocycles. The van der Waals surface area contributed by atoms with Crippen LogP contribution in [-0.2, 0) is 22.5 Å². The highest BCUT2D eigenvalue weighted by Crippen LogP contribution is 2.23. The Morgan fingerprint density at radius 2 is 1.72 bits per heavy atom. The van der Waals surface area contributed by atoms with Gasteiger partial charge in [0.05, 0.1) is 18.7 Å². The number of esters is 1. The number of carbonyl (C=O) groups excluding carboxylic acids is 1. The number of hydrogen-bond donors (Lipinski definition) is 2. The van der Waals surface area contributed by atoms with Gasteiger partial charge >= 0.3 is 5.97 Å². The Labute approximate surface area is 149 Å². The molecule has 4 heteroatoms. The van der Waals surface area contributed by atoms with Gasteiger partial charge in [0.25, 0.3) is 0 Å². The Morgan fingerprint density at radius 3 is 2.36 bits per heavy atom. The fourth-order valence-electron chi connectivity index (χ4n) is 3.43. The van der Waals surface area contributed by atoms with Crippen LogP contribution in [-0.4, -0.2) is 24.8 Å². The smallest absolute Gasteiger partial charge is 0.311 e. The van der Waals surface area contributed by atoms with E-state index < -0.39 is 0 Å². The maximum Gasteiger partial charge on any atom is 0.311 e. The molecule has 0 aliphatic carbocycles. The lowest BCUT2D eigenvalue weighted by Crippen LogP contribution is -2.45. The molecule has 3 unspecified atom stereocenters. The normalized spacial score (nSPS) is 22.7. The van der Waals surface area contributed by atoms with Crippen molar-refractivity contribution in [1.82, 2.24) is 10.6 Å². The predicted octanol–water partition coefficient (Wildman–Crippen LogP) is 2.89. The van der Waals surface area contributed by atoms with E-state index in [-0.39, 0.29) is 24.1 Å². The first-order chi connectivity index (χ1) is 12.3. The van der Waals surface area contributed by atoms with E-state index in [9.17, 15) is 4.79 Å². The fourth-order valence-corrected chi connectivity index (χ4v) is 3.43. The average Bonchev–Trinajstić information content (AvgIpc) is 3.05. The zero-order chi connectivity index (χ0) is 17.5. The van der Waals surface area contributed by atoms with Gasteiger partial charge in [0.15, 0.2) is 0 Å². The van der Waals surface area contributed by atoms with Crippen molar-refractivity contribution in [2.75, 3.05) is 6.61 Å². The van der Waals surface area contributed by atoms with Crippen LogP contribution in [0.25, 0.3) is 0 Å². The molecule has 1 aliphatic rings. The van der Waals surface area contributed by atoms with E-state index in [4.69, 9.17) is 4.74 Å². The summed E-state index contributed by atoms with van der Waals surface area (Å²) in [6.45, 7) is 3.00. The zero-order valence-corrected chi connectivity index (χ0v) is 14.7. The van der Waals surface area contributed by atoms with Crippen LogP contribution in [0.2, 0.25) is 0 Å². The van der Waals surface area contributed by atoms with Gasteiger partial charge in [-0.25, -0.2) is 0 Å². The largest absolute Gasteiger partial charge is 0.466 e. The first kappa shape index (κ1) is 17.6. The van der Waals surface area contributed by atoms with Crippen molar-refractivity contribution >= 4 is 5.97 Å². The molecule has 3 atom stereocenters. The van der Waals surface area contributed by atoms with Gasteiger partial charge in [-0.15, -0.1) is 0 Å². The molecule has 1 aliphatic heterocycles. The van der Waals surface area contributed by atoms with Gasteiger partial charge in [0.1, 0.15) is 0 Å². The maximum absolute atomic E-state index is 12.4. The van der Waals surface area contributed by atoms with E-state index in [2.05, 4.69) is 47.0 Å². The lowest BCUT2D eigenvalue weighted by molar-refractivity contribution is -0.148. The minimum Gasteiger partial charge on any atom is -0.466 e. The van der Waals surface area contributed by atoms with Crippen LogP contribution in [0, 0.1) is 5.92 Å². The van der Waals surface area contributed by atoms with E-state index in [1.54, 1.807) is 0 Å². The first-order valence-electron chi connectivity index (χ1n) is 9.00. The molecule has 0 radical (unpaired) electrons. The second-order valence-electron chi connectivity index (χ2n) is 6.49. The Kier molecular flexibility index (Phi) is 6.20. The summed E-state index contributed by atoms with van der Waals surface area (Å²) < 4.78 is 5.29. The topological polar surface area (TPSA) is 50.4 Å². The van der Waals surface area contributed by atoms with Crippen molar-refractivity contribution in [1.29, 1.82) is 0 Å². The molecule has 0 saturated carbocycles. The minimum absolute atomic E-state index is 0.0621. The predicted molar refractivity (Wildman–Crippen MR) is 98.9 cm³/mol. The number of nitrogens with one attached hydrogen (secondary N) is 2. The number of benzene rings is 2. The van der Waals surface area contributed by atoms with Gasteiger partial charge in [-0.2, -0.15) is 0 Å². The molecule has 0 bridgehead atoms. The van der Waals surface area contributed by atoms with E-state index >= 15 is 0 Å². The van der Waals surface area contributed by atoms with Crippen molar-refractivity contribution in [3.05, 3.63) is 71.8 Å². The summed E-state index contributed by atoms with van der Waals surface area (Å²) in [5.41, 5.74) is 2.49. The van der Waals surface area contributed by atoms with Crippen LogP contribution >= 0.6 is 0 Å². The number of hydrogen-bond acceptors (Lipinski definition) is 4. The fraction of sp³-hybridized carbons (Fsp3) is 0.381. The Balaban J connectivity index is 1.64. The number of rotatable bonds is 7. The molecule has 1 fully saturated rings. The number of carbonyl (C=O) groups is 1. The van der Waals surface area contributed by atoms with E-state index in [1.807, 2.05) is 31.2 Å². The third-order valence-electron chi connectivity index (χ3n) is 4.64. The minimum atomic E-state index is -0.155. The maximum atomic E-state index is 12.4. The van der Waals surface area contributed by atoms with Crippen LogP contribution in [0.4, 0.5) is 0 Å². The molecular weight excluding hydrogens is 312 g/mol. The van der Waals surface area contributed by atoms with Gasteiger partial charge in [-0.05, 0) is 30.9 Å². The molecule has 0 aromatic heterocycles. The van der Waals surface area contributed by atoms with Gasteiger partial charge in [-0.1, -0.05) is 60.7 Å². The van der Waals surface area contributed by atoms with Gasteiger partial charge < -0.3 is 4.74 Å². The molecule has 1 heterocycles. The third-order valence-corrected chi connectivity index (χ3v) is 4.64. The van der Waals surface area contributed by atoms with Crippen LogP contribution in [0.3, 0.4) is 0 Å². The SMILES string of the molecule is CCOC(=O)C1CC(Cc2ccccc2)NC1NCc1ccccc1. The molecule has 3 rings (SSSR count). The van der Waals surface area contributed by atoms with Crippen molar-refractivity contribution in [3.8, 4) is 0 Å². The molecule has 4 nitrogen and oxygen atoms in total. The Morgan fingerprint density at radius 1 is 1.08 bits per heavy atom. The highest BCUT2D eigenvalue weighted by Gasteiger charge is 2.38. The second-order valence-corrected chi connectivity index (χ2v) is 6.49. The molecule has 0 spiro atoms. The second kappa shape index (κ2) is 8.79. The standard InChI is InChI=1S/C21H26N2O2/c1-2-25-21(24)19-14-18(13-16-9-5-3-6-10-16)23-20(19)22-15-17-11-7-4-8-12-17/h3-12,18-20,22-23H,2,13-15H2,1H3. The molecule has 132 valence electrons. The summed E-state index contributed by atoms with van der Waals surface area (Å²) in [5.74, 6) is -0.270. The molecular formula is C21H26N2O2. The quantitative estimate of drug-likeness (QED) is 0.762. The Hall–Kier alpha value is -2.17. The van der Waals surface area contributed by atoms with Crippen LogP contribution in [0.15, 0.2) is 60.7 Å². The molecule has 25 heavy (non-hydrogen) atoms. The molecule has 2 N–H and O–H groups in total. The van der Waals surface area contributed by atoms with E-state index in [0.717, 1.165) is 19.4 Å². The van der Waals surface area contributed by atoms with E-state index in [1.165, 1.54) is 11.1 Å². The average molecular weight is 338 g/mol. The zero-order valence-electron chi connectivity index (χ0n) is 14.7. The summed E-state index contributed by atoms with van der Waals surface area (Å²) >= 11 is 0. The van der Waals surface area contributed by atoms with E-state index in [0.29, 0.717) is 6.61 Å². The summed E-state index contributed by atoms with van der Waals surface area (Å²) in [7, 11) is 0. The van der Waals surface area contributed by atoms with Crippen LogP contribution in [0.5, 0.6) is 0 Å². The van der Waals surface area contributed by atoms with Gasteiger partial charge in [-0.3, -0.25) is 15.4 Å². The number of ether oxygens (including phenoxy) is 1. The van der Waals surface area contributed by atoms with Crippen molar-refractivity contribution in [2.45, 2.75) is 38.5 Å². The molecule has 2 aromatic rings. The summed E-state index contributed by atoms with van der Waals surface area (Å²) in [6.07, 6.45) is 1.65. The summed E-state index contributed by atoms with van der Waals surface area (Å²) in [5, 5.41) is 7.08. The van der Waals surface area contributed by atoms with Crippen molar-refractivity contribution < 1.29 is 9.53 Å². The summed E-state index contributed by atoms with van der Waals surface area (Å²) in [6, 6.07) is 20.9. The van der Waals surface area contributed by atoms with Crippen LogP contribution in [0.1, 0.15) is 24.5 Å². The lowest BCUT2D eigenvalue weighted by atomic mass is 9.99. The van der Waals surface area contributed by atoms with Crippen molar-refractivity contribution in [3.63, 3.8) is 0 Å². The summed E-state index contributed by atoms with van der Waals surface area (Å²) in [4.78, 5) is 12.4. The first-order valence-corrected chi connectivity index (χ1v) is 9.00. The third kappa shape index (κ3) is 4.91. The lowest BCUT2D eigenvalue weighted by Gasteiger charge is -2.20. The van der Waals surface area contributed by atoms with Crippen LogP contribution < -0.4 is 10.6 Å². The highest BCUT2D eigenvalue weighted by atomic mass is 16.5. The molecule has 0 amide bonds. The van der Waals surface area contributed by atoms with Gasteiger partial charge in [0, 0.05) is 12.6 Å². The monoisotopic (exact) mass is 338 g/mol. The van der Waals surface area contributed by atoms with Gasteiger partial charge in [0.2, 0.25) is 0 Å². The highest BCUT2D eigenvalue weighted by molar-refractivity contribution is 5.73. The Bertz CT molecular complexity index is 660. The van der Waals surface area contributed by atoms with Crippen molar-refractivity contribution in [2.24, 2.45) is 5.92 Å². The molecule has 2 aromatic carbocycles.